The molecule has 0 amide bonds. The molecule has 24 heavy (non-hydrogen) atoms. The number of carbonyl (C=O) groups is 1. The second kappa shape index (κ2) is 15.3. The first-order chi connectivity index (χ1) is 11.3. The Balaban J connectivity index is 0. The quantitative estimate of drug-likeness (QED) is 0.642. The SMILES string of the molecule is CC.CC(Cc1ccc(C=O)cc1)OCCC(C)(C)O.CCCC. The Morgan fingerprint density at radius 1 is 1.12 bits per heavy atom. The molecule has 1 aromatic rings. The van der Waals surface area contributed by atoms with Gasteiger partial charge in [0.05, 0.1) is 11.7 Å². The maximum atomic E-state index is 10.5. The fourth-order valence-corrected chi connectivity index (χ4v) is 1.63. The molecule has 0 aromatic heterocycles. The lowest BCUT2D eigenvalue weighted by Crippen LogP contribution is -2.23. The molecule has 1 aromatic carbocycles. The van der Waals surface area contributed by atoms with E-state index in [9.17, 15) is 9.90 Å². The molecule has 0 bridgehead atoms. The number of hydrogen-bond acceptors (Lipinski definition) is 3. The van der Waals surface area contributed by atoms with Crippen LogP contribution in [0.4, 0.5) is 0 Å². The van der Waals surface area contributed by atoms with Crippen molar-refractivity contribution in [3.63, 3.8) is 0 Å². The van der Waals surface area contributed by atoms with Crippen LogP contribution < -0.4 is 0 Å². The smallest absolute Gasteiger partial charge is 0.150 e. The Labute approximate surface area is 149 Å². The summed E-state index contributed by atoms with van der Waals surface area (Å²) in [6, 6.07) is 7.51. The van der Waals surface area contributed by atoms with Crippen molar-refractivity contribution in [2.45, 2.75) is 85.9 Å². The fraction of sp³-hybridized carbons (Fsp3) is 0.667. The van der Waals surface area contributed by atoms with E-state index in [-0.39, 0.29) is 6.10 Å². The molecule has 1 N–H and O–H groups in total. The average molecular weight is 339 g/mol. The first-order valence-corrected chi connectivity index (χ1v) is 9.20. The minimum Gasteiger partial charge on any atom is -0.390 e. The largest absolute Gasteiger partial charge is 0.390 e. The van der Waals surface area contributed by atoms with Gasteiger partial charge in [0.25, 0.3) is 0 Å². The highest BCUT2D eigenvalue weighted by Crippen LogP contribution is 2.11. The number of hydrogen-bond donors (Lipinski definition) is 1. The third-order valence-corrected chi connectivity index (χ3v) is 3.26. The number of rotatable bonds is 8. The zero-order valence-corrected chi connectivity index (χ0v) is 16.8. The lowest BCUT2D eigenvalue weighted by Gasteiger charge is -2.19. The Bertz CT molecular complexity index is 389. The molecule has 0 fully saturated rings. The van der Waals surface area contributed by atoms with Crippen LogP contribution in [0.3, 0.4) is 0 Å². The van der Waals surface area contributed by atoms with Crippen molar-refractivity contribution in [1.29, 1.82) is 0 Å². The topological polar surface area (TPSA) is 46.5 Å². The van der Waals surface area contributed by atoms with E-state index in [1.54, 1.807) is 13.8 Å². The molecule has 0 aliphatic heterocycles. The first kappa shape index (κ1) is 25.1. The number of aldehydes is 1. The van der Waals surface area contributed by atoms with Gasteiger partial charge in [0.2, 0.25) is 0 Å². The first-order valence-electron chi connectivity index (χ1n) is 9.20. The summed E-state index contributed by atoms with van der Waals surface area (Å²) in [6.45, 7) is 14.5. The van der Waals surface area contributed by atoms with Crippen LogP contribution in [-0.2, 0) is 11.2 Å². The molecular formula is C21H38O3. The summed E-state index contributed by atoms with van der Waals surface area (Å²) in [5.41, 5.74) is 1.16. The summed E-state index contributed by atoms with van der Waals surface area (Å²) in [7, 11) is 0. The number of unbranched alkanes of at least 4 members (excludes halogenated alkanes) is 1. The Kier molecular flexibility index (Phi) is 16.0. The molecule has 3 heteroatoms. The molecule has 0 radical (unpaired) electrons. The van der Waals surface area contributed by atoms with Gasteiger partial charge < -0.3 is 9.84 Å². The van der Waals surface area contributed by atoms with Gasteiger partial charge in [0, 0.05) is 12.2 Å². The Hall–Kier alpha value is -1.19. The van der Waals surface area contributed by atoms with Gasteiger partial charge >= 0.3 is 0 Å². The molecule has 0 spiro atoms. The van der Waals surface area contributed by atoms with Crippen molar-refractivity contribution < 1.29 is 14.6 Å². The van der Waals surface area contributed by atoms with Crippen molar-refractivity contribution in [1.82, 2.24) is 0 Å². The summed E-state index contributed by atoms with van der Waals surface area (Å²) in [5, 5.41) is 9.56. The Morgan fingerprint density at radius 3 is 2.00 bits per heavy atom. The molecule has 1 rings (SSSR count). The molecule has 0 heterocycles. The van der Waals surface area contributed by atoms with Gasteiger partial charge in [0.15, 0.2) is 0 Å². The third-order valence-electron chi connectivity index (χ3n) is 3.26. The zero-order valence-electron chi connectivity index (χ0n) is 16.8. The van der Waals surface area contributed by atoms with E-state index in [4.69, 9.17) is 4.74 Å². The summed E-state index contributed by atoms with van der Waals surface area (Å²) in [5.74, 6) is 0. The molecule has 0 aliphatic rings. The van der Waals surface area contributed by atoms with Gasteiger partial charge in [-0.1, -0.05) is 64.8 Å². The summed E-state index contributed by atoms with van der Waals surface area (Å²) < 4.78 is 5.65. The highest BCUT2D eigenvalue weighted by atomic mass is 16.5. The third kappa shape index (κ3) is 15.7. The van der Waals surface area contributed by atoms with E-state index >= 15 is 0 Å². The Morgan fingerprint density at radius 2 is 1.62 bits per heavy atom. The van der Waals surface area contributed by atoms with E-state index in [2.05, 4.69) is 13.8 Å². The second-order valence-electron chi connectivity index (χ2n) is 6.31. The van der Waals surface area contributed by atoms with E-state index in [1.165, 1.54) is 12.8 Å². The van der Waals surface area contributed by atoms with Crippen LogP contribution in [0.2, 0.25) is 0 Å². The van der Waals surface area contributed by atoms with Crippen molar-refractivity contribution in [3.05, 3.63) is 35.4 Å². The van der Waals surface area contributed by atoms with Gasteiger partial charge in [-0.05, 0) is 39.2 Å². The highest BCUT2D eigenvalue weighted by molar-refractivity contribution is 5.74. The van der Waals surface area contributed by atoms with Crippen molar-refractivity contribution in [3.8, 4) is 0 Å². The number of ether oxygens (including phenoxy) is 1. The lowest BCUT2D eigenvalue weighted by atomic mass is 10.1. The van der Waals surface area contributed by atoms with Crippen molar-refractivity contribution in [2.24, 2.45) is 0 Å². The van der Waals surface area contributed by atoms with Gasteiger partial charge in [-0.2, -0.15) is 0 Å². The molecule has 140 valence electrons. The molecule has 0 aliphatic carbocycles. The van der Waals surface area contributed by atoms with Gasteiger partial charge in [0.1, 0.15) is 6.29 Å². The summed E-state index contributed by atoms with van der Waals surface area (Å²) >= 11 is 0. The van der Waals surface area contributed by atoms with Crippen LogP contribution in [0.5, 0.6) is 0 Å². The standard InChI is InChI=1S/C15H22O3.C4H10.C2H6/c1-12(18-9-8-15(2,3)17)10-13-4-6-14(11-16)7-5-13;1-3-4-2;1-2/h4-7,11-12,17H,8-10H2,1-3H3;3-4H2,1-2H3;1-2H3. The van der Waals surface area contributed by atoms with Crippen molar-refractivity contribution >= 4 is 6.29 Å². The fourth-order valence-electron chi connectivity index (χ4n) is 1.63. The van der Waals surface area contributed by atoms with Crippen LogP contribution in [-0.4, -0.2) is 29.7 Å². The number of carbonyl (C=O) groups excluding carboxylic acids is 1. The lowest BCUT2D eigenvalue weighted by molar-refractivity contribution is 0.00461. The van der Waals surface area contributed by atoms with Gasteiger partial charge in [-0.3, -0.25) is 4.79 Å². The number of benzene rings is 1. The molecule has 0 saturated carbocycles. The predicted octanol–water partition coefficient (Wildman–Crippen LogP) is 5.44. The van der Waals surface area contributed by atoms with Crippen LogP contribution in [0.1, 0.15) is 83.7 Å². The van der Waals surface area contributed by atoms with Gasteiger partial charge in [-0.15, -0.1) is 0 Å². The number of aliphatic hydroxyl groups is 1. The highest BCUT2D eigenvalue weighted by Gasteiger charge is 2.13. The van der Waals surface area contributed by atoms with E-state index in [0.717, 1.165) is 18.3 Å². The van der Waals surface area contributed by atoms with E-state index < -0.39 is 5.60 Å². The summed E-state index contributed by atoms with van der Waals surface area (Å²) in [6.07, 6.45) is 5.02. The van der Waals surface area contributed by atoms with Crippen LogP contribution in [0, 0.1) is 0 Å². The van der Waals surface area contributed by atoms with Gasteiger partial charge in [-0.25, -0.2) is 0 Å². The normalized spacial score (nSPS) is 11.5. The molecule has 1 atom stereocenters. The minimum atomic E-state index is -0.675. The van der Waals surface area contributed by atoms with E-state index in [1.807, 2.05) is 45.0 Å². The average Bonchev–Trinajstić information content (AvgIpc) is 2.56. The second-order valence-corrected chi connectivity index (χ2v) is 6.31. The summed E-state index contributed by atoms with van der Waals surface area (Å²) in [4.78, 5) is 10.5. The predicted molar refractivity (Wildman–Crippen MR) is 104 cm³/mol. The van der Waals surface area contributed by atoms with E-state index in [0.29, 0.717) is 18.6 Å². The van der Waals surface area contributed by atoms with Crippen LogP contribution in [0.25, 0.3) is 0 Å². The molecule has 1 unspecified atom stereocenters. The van der Waals surface area contributed by atoms with Crippen molar-refractivity contribution in [2.75, 3.05) is 6.61 Å². The maximum absolute atomic E-state index is 10.5. The molecular weight excluding hydrogens is 300 g/mol. The monoisotopic (exact) mass is 338 g/mol. The van der Waals surface area contributed by atoms with Crippen LogP contribution >= 0.6 is 0 Å². The molecule has 3 nitrogen and oxygen atoms in total. The van der Waals surface area contributed by atoms with Crippen LogP contribution in [0.15, 0.2) is 24.3 Å². The molecule has 0 saturated heterocycles. The zero-order chi connectivity index (χ0) is 19.0. The minimum absolute atomic E-state index is 0.106. The maximum Gasteiger partial charge on any atom is 0.150 e.